The van der Waals surface area contributed by atoms with Gasteiger partial charge in [0.15, 0.2) is 0 Å². The SMILES string of the molecule is Cl.N[C@@]12C[C@@H]3C[C@@H](C[C@@H](C(F)F)[C@@H](C3)C1)C2. The maximum atomic E-state index is 13.0. The second kappa shape index (κ2) is 4.09. The molecule has 4 heteroatoms. The van der Waals surface area contributed by atoms with E-state index in [1.807, 2.05) is 0 Å². The lowest BCUT2D eigenvalue weighted by molar-refractivity contribution is 0.0218. The molecule has 4 rings (SSSR count). The molecule has 0 amide bonds. The summed E-state index contributed by atoms with van der Waals surface area (Å²) in [4.78, 5) is 0. The second-order valence-electron chi connectivity index (χ2n) is 6.17. The summed E-state index contributed by atoms with van der Waals surface area (Å²) < 4.78 is 25.9. The summed E-state index contributed by atoms with van der Waals surface area (Å²) >= 11 is 0. The molecule has 0 radical (unpaired) electrons. The Labute approximate surface area is 102 Å². The summed E-state index contributed by atoms with van der Waals surface area (Å²) in [6, 6.07) is 0. The van der Waals surface area contributed by atoms with E-state index in [4.69, 9.17) is 5.73 Å². The first kappa shape index (κ1) is 12.6. The molecule has 0 aliphatic heterocycles. The molecule has 94 valence electrons. The summed E-state index contributed by atoms with van der Waals surface area (Å²) in [7, 11) is 0. The van der Waals surface area contributed by atoms with E-state index in [9.17, 15) is 8.78 Å². The Morgan fingerprint density at radius 2 is 1.62 bits per heavy atom. The predicted octanol–water partition coefficient (Wildman–Crippen LogP) is 3.22. The first-order valence-corrected chi connectivity index (χ1v) is 6.13. The smallest absolute Gasteiger partial charge is 0.241 e. The Balaban J connectivity index is 0.000000963. The number of rotatable bonds is 1. The fourth-order valence-corrected chi connectivity index (χ4v) is 4.64. The monoisotopic (exact) mass is 251 g/mol. The zero-order valence-electron chi connectivity index (χ0n) is 9.37. The van der Waals surface area contributed by atoms with Crippen molar-refractivity contribution in [3.05, 3.63) is 0 Å². The Bertz CT molecular complexity index is 274. The van der Waals surface area contributed by atoms with Crippen LogP contribution >= 0.6 is 12.4 Å². The summed E-state index contributed by atoms with van der Waals surface area (Å²) in [6.07, 6.45) is 3.74. The van der Waals surface area contributed by atoms with Gasteiger partial charge in [0.25, 0.3) is 0 Å². The first-order chi connectivity index (χ1) is 7.06. The number of fused-ring (bicyclic) bond motifs is 1. The van der Waals surface area contributed by atoms with Gasteiger partial charge < -0.3 is 5.73 Å². The molecule has 0 unspecified atom stereocenters. The molecule has 5 atom stereocenters. The van der Waals surface area contributed by atoms with E-state index >= 15 is 0 Å². The molecule has 4 saturated carbocycles. The lowest BCUT2D eigenvalue weighted by atomic mass is 9.63. The molecular weight excluding hydrogens is 232 g/mol. The zero-order chi connectivity index (χ0) is 10.6. The third-order valence-electron chi connectivity index (χ3n) is 4.90. The van der Waals surface area contributed by atoms with E-state index in [-0.39, 0.29) is 29.8 Å². The van der Waals surface area contributed by atoms with Crippen molar-refractivity contribution in [2.24, 2.45) is 29.4 Å². The highest BCUT2D eigenvalue weighted by atomic mass is 35.5. The van der Waals surface area contributed by atoms with E-state index in [0.717, 1.165) is 32.1 Å². The molecule has 0 heterocycles. The molecule has 4 bridgehead atoms. The lowest BCUT2D eigenvalue weighted by Crippen LogP contribution is -2.50. The fraction of sp³-hybridized carbons (Fsp3) is 1.00. The molecular formula is C12H20ClF2N. The van der Waals surface area contributed by atoms with Gasteiger partial charge in [-0.15, -0.1) is 12.4 Å². The van der Waals surface area contributed by atoms with Crippen LogP contribution in [0, 0.1) is 23.7 Å². The molecule has 1 nitrogen and oxygen atoms in total. The van der Waals surface area contributed by atoms with Crippen LogP contribution in [0.1, 0.15) is 38.5 Å². The zero-order valence-corrected chi connectivity index (χ0v) is 10.2. The molecule has 2 N–H and O–H groups in total. The van der Waals surface area contributed by atoms with Crippen LogP contribution in [0.3, 0.4) is 0 Å². The predicted molar refractivity (Wildman–Crippen MR) is 61.8 cm³/mol. The van der Waals surface area contributed by atoms with Gasteiger partial charge in [-0.1, -0.05) is 0 Å². The minimum absolute atomic E-state index is 0. The van der Waals surface area contributed by atoms with E-state index in [1.165, 1.54) is 6.42 Å². The van der Waals surface area contributed by atoms with E-state index < -0.39 is 6.43 Å². The van der Waals surface area contributed by atoms with Crippen molar-refractivity contribution in [3.63, 3.8) is 0 Å². The van der Waals surface area contributed by atoms with Crippen LogP contribution in [0.5, 0.6) is 0 Å². The van der Waals surface area contributed by atoms with Crippen molar-refractivity contribution in [1.29, 1.82) is 0 Å². The average molecular weight is 252 g/mol. The van der Waals surface area contributed by atoms with Crippen molar-refractivity contribution < 1.29 is 8.78 Å². The highest BCUT2D eigenvalue weighted by Crippen LogP contribution is 2.55. The van der Waals surface area contributed by atoms with E-state index in [0.29, 0.717) is 11.8 Å². The number of halogens is 3. The molecule has 0 aromatic heterocycles. The van der Waals surface area contributed by atoms with Gasteiger partial charge in [-0.2, -0.15) is 0 Å². The summed E-state index contributed by atoms with van der Waals surface area (Å²) in [5, 5.41) is 0. The molecule has 4 fully saturated rings. The van der Waals surface area contributed by atoms with E-state index in [1.54, 1.807) is 0 Å². The minimum atomic E-state index is -2.13. The Morgan fingerprint density at radius 1 is 1.00 bits per heavy atom. The first-order valence-electron chi connectivity index (χ1n) is 6.13. The molecule has 0 saturated heterocycles. The number of hydrogen-bond donors (Lipinski definition) is 1. The Morgan fingerprint density at radius 3 is 2.19 bits per heavy atom. The highest BCUT2D eigenvalue weighted by Gasteiger charge is 2.51. The largest absolute Gasteiger partial charge is 0.325 e. The van der Waals surface area contributed by atoms with Gasteiger partial charge in [0.05, 0.1) is 0 Å². The number of hydrogen-bond acceptors (Lipinski definition) is 1. The maximum absolute atomic E-state index is 13.0. The van der Waals surface area contributed by atoms with Crippen LogP contribution in [0.15, 0.2) is 0 Å². The number of nitrogens with two attached hydrogens (primary N) is 1. The molecule has 16 heavy (non-hydrogen) atoms. The van der Waals surface area contributed by atoms with Crippen molar-refractivity contribution in [2.45, 2.75) is 50.5 Å². The maximum Gasteiger partial charge on any atom is 0.241 e. The molecule has 4 aliphatic rings. The topological polar surface area (TPSA) is 26.0 Å². The van der Waals surface area contributed by atoms with Crippen LogP contribution in [0.4, 0.5) is 8.78 Å². The van der Waals surface area contributed by atoms with Gasteiger partial charge in [-0.05, 0) is 56.3 Å². The molecule has 0 aromatic carbocycles. The number of alkyl halides is 2. The third-order valence-corrected chi connectivity index (χ3v) is 4.90. The van der Waals surface area contributed by atoms with Crippen molar-refractivity contribution in [3.8, 4) is 0 Å². The normalized spacial score (nSPS) is 50.2. The van der Waals surface area contributed by atoms with Crippen molar-refractivity contribution in [2.75, 3.05) is 0 Å². The van der Waals surface area contributed by atoms with Crippen LogP contribution in [-0.4, -0.2) is 12.0 Å². The van der Waals surface area contributed by atoms with Gasteiger partial charge in [0.1, 0.15) is 0 Å². The van der Waals surface area contributed by atoms with Crippen LogP contribution in [-0.2, 0) is 0 Å². The van der Waals surface area contributed by atoms with Crippen LogP contribution in [0.2, 0.25) is 0 Å². The van der Waals surface area contributed by atoms with Gasteiger partial charge in [0, 0.05) is 11.5 Å². The van der Waals surface area contributed by atoms with Crippen molar-refractivity contribution in [1.82, 2.24) is 0 Å². The Kier molecular flexibility index (Phi) is 3.21. The molecule has 4 aliphatic carbocycles. The minimum Gasteiger partial charge on any atom is -0.325 e. The van der Waals surface area contributed by atoms with Crippen molar-refractivity contribution >= 4 is 12.4 Å². The fourth-order valence-electron chi connectivity index (χ4n) is 4.64. The van der Waals surface area contributed by atoms with E-state index in [2.05, 4.69) is 0 Å². The van der Waals surface area contributed by atoms with Gasteiger partial charge in [-0.3, -0.25) is 0 Å². The highest BCUT2D eigenvalue weighted by molar-refractivity contribution is 5.85. The molecule has 0 aromatic rings. The summed E-state index contributed by atoms with van der Waals surface area (Å²) in [5.74, 6) is 0.989. The quantitative estimate of drug-likeness (QED) is 0.761. The van der Waals surface area contributed by atoms with Crippen LogP contribution in [0.25, 0.3) is 0 Å². The average Bonchev–Trinajstić information content (AvgIpc) is 2.26. The van der Waals surface area contributed by atoms with Gasteiger partial charge in [-0.25, -0.2) is 8.78 Å². The van der Waals surface area contributed by atoms with Crippen LogP contribution < -0.4 is 5.73 Å². The Hall–Kier alpha value is 0.110. The third kappa shape index (κ3) is 1.97. The lowest BCUT2D eigenvalue weighted by Gasteiger charge is -2.46. The summed E-state index contributed by atoms with van der Waals surface area (Å²) in [5.41, 5.74) is 6.26. The van der Waals surface area contributed by atoms with Gasteiger partial charge >= 0.3 is 0 Å². The summed E-state index contributed by atoms with van der Waals surface area (Å²) in [6.45, 7) is 0. The standard InChI is InChI=1S/C12H19F2N.ClH/c13-11(14)10-3-8-1-7-2-9(10)6-12(15,4-7)5-8;/h7-11H,1-6,15H2;1H/t7-,8+,9+,10-,12-;/m1./s1. The second-order valence-corrected chi connectivity index (χ2v) is 6.17. The van der Waals surface area contributed by atoms with Gasteiger partial charge in [0.2, 0.25) is 6.43 Å². The molecule has 0 spiro atoms.